The second kappa shape index (κ2) is 7.41. The number of anilines is 1. The third kappa shape index (κ3) is 4.43. The van der Waals surface area contributed by atoms with E-state index < -0.39 is 0 Å². The van der Waals surface area contributed by atoms with Gasteiger partial charge in [-0.2, -0.15) is 0 Å². The number of piperidine rings is 1. The molecule has 1 unspecified atom stereocenters. The van der Waals surface area contributed by atoms with Crippen molar-refractivity contribution in [1.82, 2.24) is 15.2 Å². The average molecular weight is 290 g/mol. The maximum atomic E-state index is 12.4. The van der Waals surface area contributed by atoms with E-state index in [2.05, 4.69) is 29.0 Å². The Morgan fingerprint density at radius 3 is 3.00 bits per heavy atom. The fourth-order valence-corrected chi connectivity index (χ4v) is 2.86. The van der Waals surface area contributed by atoms with Gasteiger partial charge < -0.3 is 16.0 Å². The summed E-state index contributed by atoms with van der Waals surface area (Å²) in [6, 6.07) is 3.75. The van der Waals surface area contributed by atoms with Gasteiger partial charge in [-0.1, -0.05) is 20.3 Å². The maximum Gasteiger partial charge on any atom is 0.251 e. The molecule has 1 aromatic heterocycles. The molecule has 0 radical (unpaired) electrons. The molecule has 5 heteroatoms. The molecular weight excluding hydrogens is 264 g/mol. The molecule has 0 spiro atoms. The average Bonchev–Trinajstić information content (AvgIpc) is 2.47. The van der Waals surface area contributed by atoms with Gasteiger partial charge in [0.1, 0.15) is 5.82 Å². The van der Waals surface area contributed by atoms with Crippen molar-refractivity contribution in [2.75, 3.05) is 25.4 Å². The second-order valence-electron chi connectivity index (χ2n) is 5.73. The number of hydrogen-bond donors (Lipinski definition) is 2. The number of pyridine rings is 1. The molecule has 116 valence electrons. The number of nitrogens with zero attached hydrogens (tertiary/aromatic N) is 2. The first-order valence-electron chi connectivity index (χ1n) is 7.92. The molecule has 5 nitrogen and oxygen atoms in total. The van der Waals surface area contributed by atoms with Crippen molar-refractivity contribution in [3.05, 3.63) is 23.4 Å². The van der Waals surface area contributed by atoms with Crippen LogP contribution in [0.4, 0.5) is 5.82 Å². The summed E-state index contributed by atoms with van der Waals surface area (Å²) in [5, 5.41) is 3.13. The minimum absolute atomic E-state index is 0.0376. The van der Waals surface area contributed by atoms with Crippen LogP contribution in [0.5, 0.6) is 0 Å². The topological polar surface area (TPSA) is 71.2 Å². The fourth-order valence-electron chi connectivity index (χ4n) is 2.86. The number of nitrogens with two attached hydrogens (primary N) is 1. The Morgan fingerprint density at radius 2 is 2.29 bits per heavy atom. The van der Waals surface area contributed by atoms with Crippen molar-refractivity contribution < 1.29 is 4.79 Å². The molecule has 0 bridgehead atoms. The third-order valence-electron chi connectivity index (χ3n) is 3.95. The minimum Gasteiger partial charge on any atom is -0.384 e. The third-order valence-corrected chi connectivity index (χ3v) is 3.95. The van der Waals surface area contributed by atoms with E-state index in [1.807, 2.05) is 6.07 Å². The second-order valence-corrected chi connectivity index (χ2v) is 5.73. The summed E-state index contributed by atoms with van der Waals surface area (Å²) >= 11 is 0. The molecule has 1 aliphatic heterocycles. The van der Waals surface area contributed by atoms with Gasteiger partial charge >= 0.3 is 0 Å². The Morgan fingerprint density at radius 1 is 1.48 bits per heavy atom. The van der Waals surface area contributed by atoms with E-state index in [1.54, 1.807) is 6.07 Å². The largest absolute Gasteiger partial charge is 0.384 e. The predicted molar refractivity (Wildman–Crippen MR) is 85.2 cm³/mol. The molecule has 1 saturated heterocycles. The number of hydrogen-bond acceptors (Lipinski definition) is 4. The molecule has 1 atom stereocenters. The highest BCUT2D eigenvalue weighted by Gasteiger charge is 2.21. The van der Waals surface area contributed by atoms with Gasteiger partial charge in [0, 0.05) is 23.8 Å². The highest BCUT2D eigenvalue weighted by atomic mass is 16.1. The standard InChI is InChI=1S/C16H26N4O/c1-3-6-13-9-12(10-15(17)18-13)16(21)19-14-7-5-8-20(4-2)11-14/h9-10,14H,3-8,11H2,1-2H3,(H2,17,18)(H,19,21). The molecule has 3 N–H and O–H groups in total. The van der Waals surface area contributed by atoms with Crippen LogP contribution >= 0.6 is 0 Å². The van der Waals surface area contributed by atoms with Gasteiger partial charge in [-0.25, -0.2) is 4.98 Å². The molecule has 2 heterocycles. The SMILES string of the molecule is CCCc1cc(C(=O)NC2CCCN(CC)C2)cc(N)n1. The van der Waals surface area contributed by atoms with Crippen LogP contribution in [0.15, 0.2) is 12.1 Å². The molecule has 0 aliphatic carbocycles. The molecule has 2 rings (SSSR count). The van der Waals surface area contributed by atoms with E-state index >= 15 is 0 Å². The molecule has 0 saturated carbocycles. The lowest BCUT2D eigenvalue weighted by Crippen LogP contribution is -2.47. The zero-order chi connectivity index (χ0) is 15.2. The van der Waals surface area contributed by atoms with Crippen molar-refractivity contribution >= 4 is 11.7 Å². The van der Waals surface area contributed by atoms with Crippen LogP contribution in [0.2, 0.25) is 0 Å². The minimum atomic E-state index is -0.0376. The van der Waals surface area contributed by atoms with Crippen LogP contribution in [0.1, 0.15) is 49.2 Å². The zero-order valence-corrected chi connectivity index (χ0v) is 13.1. The van der Waals surface area contributed by atoms with E-state index in [0.717, 1.165) is 51.0 Å². The van der Waals surface area contributed by atoms with Crippen LogP contribution in [-0.4, -0.2) is 41.5 Å². The number of carbonyl (C=O) groups excluding carboxylic acids is 1. The number of rotatable bonds is 5. The summed E-state index contributed by atoms with van der Waals surface area (Å²) in [7, 11) is 0. The molecule has 1 fully saturated rings. The molecule has 1 aromatic rings. The van der Waals surface area contributed by atoms with Gasteiger partial charge in [-0.05, 0) is 44.5 Å². The molecular formula is C16H26N4O. The van der Waals surface area contributed by atoms with Gasteiger partial charge in [-0.15, -0.1) is 0 Å². The Bertz CT molecular complexity index is 489. The molecule has 1 aliphatic rings. The van der Waals surface area contributed by atoms with Crippen molar-refractivity contribution in [2.45, 2.75) is 45.6 Å². The maximum absolute atomic E-state index is 12.4. The lowest BCUT2D eigenvalue weighted by atomic mass is 10.0. The first-order valence-corrected chi connectivity index (χ1v) is 7.92. The zero-order valence-electron chi connectivity index (χ0n) is 13.1. The summed E-state index contributed by atoms with van der Waals surface area (Å²) in [6.45, 7) is 7.35. The molecule has 1 amide bonds. The fraction of sp³-hybridized carbons (Fsp3) is 0.625. The van der Waals surface area contributed by atoms with E-state index in [9.17, 15) is 4.79 Å². The lowest BCUT2D eigenvalue weighted by molar-refractivity contribution is 0.0905. The predicted octanol–water partition coefficient (Wildman–Crippen LogP) is 1.83. The van der Waals surface area contributed by atoms with Gasteiger partial charge in [0.25, 0.3) is 5.91 Å². The van der Waals surface area contributed by atoms with Crippen molar-refractivity contribution in [2.24, 2.45) is 0 Å². The quantitative estimate of drug-likeness (QED) is 0.868. The monoisotopic (exact) mass is 290 g/mol. The van der Waals surface area contributed by atoms with Crippen molar-refractivity contribution in [3.63, 3.8) is 0 Å². The van der Waals surface area contributed by atoms with E-state index in [1.165, 1.54) is 0 Å². The summed E-state index contributed by atoms with van der Waals surface area (Å²) in [4.78, 5) is 19.0. The smallest absolute Gasteiger partial charge is 0.251 e. The summed E-state index contributed by atoms with van der Waals surface area (Å²) in [5.74, 6) is 0.384. The van der Waals surface area contributed by atoms with Gasteiger partial charge in [0.2, 0.25) is 0 Å². The Balaban J connectivity index is 2.02. The Hall–Kier alpha value is -1.62. The van der Waals surface area contributed by atoms with E-state index in [4.69, 9.17) is 5.73 Å². The van der Waals surface area contributed by atoms with Gasteiger partial charge in [0.15, 0.2) is 0 Å². The summed E-state index contributed by atoms with van der Waals surface area (Å²) in [5.41, 5.74) is 7.32. The van der Waals surface area contributed by atoms with Crippen molar-refractivity contribution in [3.8, 4) is 0 Å². The Labute approximate surface area is 126 Å². The van der Waals surface area contributed by atoms with Gasteiger partial charge in [0.05, 0.1) is 0 Å². The van der Waals surface area contributed by atoms with Crippen LogP contribution in [0.3, 0.4) is 0 Å². The Kier molecular flexibility index (Phi) is 5.56. The lowest BCUT2D eigenvalue weighted by Gasteiger charge is -2.32. The van der Waals surface area contributed by atoms with Gasteiger partial charge in [-0.3, -0.25) is 4.79 Å². The number of likely N-dealkylation sites (tertiary alicyclic amines) is 1. The van der Waals surface area contributed by atoms with Crippen LogP contribution in [0.25, 0.3) is 0 Å². The van der Waals surface area contributed by atoms with Crippen LogP contribution in [-0.2, 0) is 6.42 Å². The first-order chi connectivity index (χ1) is 10.1. The van der Waals surface area contributed by atoms with Crippen molar-refractivity contribution in [1.29, 1.82) is 0 Å². The number of nitrogen functional groups attached to an aromatic ring is 1. The molecule has 21 heavy (non-hydrogen) atoms. The highest BCUT2D eigenvalue weighted by molar-refractivity contribution is 5.95. The summed E-state index contributed by atoms with van der Waals surface area (Å²) in [6.07, 6.45) is 4.02. The van der Waals surface area contributed by atoms with E-state index in [0.29, 0.717) is 11.4 Å². The van der Waals surface area contributed by atoms with Crippen LogP contribution in [0, 0.1) is 0 Å². The first kappa shape index (κ1) is 15.8. The number of likely N-dealkylation sites (N-methyl/N-ethyl adjacent to an activating group) is 1. The normalized spacial score (nSPS) is 19.4. The summed E-state index contributed by atoms with van der Waals surface area (Å²) < 4.78 is 0. The number of carbonyl (C=O) groups is 1. The van der Waals surface area contributed by atoms with Crippen LogP contribution < -0.4 is 11.1 Å². The highest BCUT2D eigenvalue weighted by Crippen LogP contribution is 2.13. The van der Waals surface area contributed by atoms with E-state index in [-0.39, 0.29) is 11.9 Å². The number of amides is 1. The number of nitrogens with one attached hydrogen (secondary N) is 1. The number of aryl methyl sites for hydroxylation is 1. The number of aromatic nitrogens is 1. The molecule has 0 aromatic carbocycles.